The van der Waals surface area contributed by atoms with Gasteiger partial charge < -0.3 is 9.88 Å². The summed E-state index contributed by atoms with van der Waals surface area (Å²) in [4.78, 5) is 23.2. The smallest absolute Gasteiger partial charge is 0.252 e. The van der Waals surface area contributed by atoms with Crippen molar-refractivity contribution in [3.8, 4) is 0 Å². The molecule has 1 N–H and O–H groups in total. The molecule has 18 heavy (non-hydrogen) atoms. The fraction of sp³-hybridized carbons (Fsp3) is 0.692. The zero-order chi connectivity index (χ0) is 13.3. The summed E-state index contributed by atoms with van der Waals surface area (Å²) in [6.45, 7) is 12.4. The lowest BCUT2D eigenvalue weighted by molar-refractivity contribution is 0.128. The molecule has 5 heteroatoms. The summed E-state index contributed by atoms with van der Waals surface area (Å²) in [7, 11) is 0. The van der Waals surface area contributed by atoms with Crippen LogP contribution in [0, 0.1) is 6.92 Å². The van der Waals surface area contributed by atoms with Gasteiger partial charge in [0.2, 0.25) is 0 Å². The normalized spacial score (nSPS) is 18.1. The number of hydrogen-bond donors (Lipinski definition) is 1. The van der Waals surface area contributed by atoms with Gasteiger partial charge in [0.15, 0.2) is 0 Å². The molecule has 1 saturated heterocycles. The Morgan fingerprint density at radius 1 is 1.22 bits per heavy atom. The minimum absolute atomic E-state index is 0.0734. The molecule has 0 bridgehead atoms. The Labute approximate surface area is 108 Å². The van der Waals surface area contributed by atoms with E-state index < -0.39 is 0 Å². The van der Waals surface area contributed by atoms with Crippen LogP contribution in [0.5, 0.6) is 0 Å². The first-order chi connectivity index (χ1) is 8.36. The number of nitrogens with one attached hydrogen (secondary N) is 1. The predicted octanol–water partition coefficient (Wildman–Crippen LogP) is 0.999. The Balaban J connectivity index is 2.08. The van der Waals surface area contributed by atoms with Crippen LogP contribution in [-0.2, 0) is 0 Å². The maximum Gasteiger partial charge on any atom is 0.252 e. The van der Waals surface area contributed by atoms with Crippen molar-refractivity contribution in [2.75, 3.05) is 31.1 Å². The second-order valence-corrected chi connectivity index (χ2v) is 5.83. The summed E-state index contributed by atoms with van der Waals surface area (Å²) in [5.74, 6) is 1.47. The number of hydrogen-bond acceptors (Lipinski definition) is 4. The molecule has 5 nitrogen and oxygen atoms in total. The average Bonchev–Trinajstić information content (AvgIpc) is 2.27. The standard InChI is InChI=1S/C13H22N4O/c1-10-14-11(9-12(18)15-10)16-5-7-17(8-6-16)13(2,3)4/h9H,5-8H2,1-4H3,(H,14,15,18). The van der Waals surface area contributed by atoms with Crippen LogP contribution < -0.4 is 10.5 Å². The molecule has 2 rings (SSSR count). The second-order valence-electron chi connectivity index (χ2n) is 5.83. The third-order valence-corrected chi connectivity index (χ3v) is 3.40. The van der Waals surface area contributed by atoms with E-state index in [2.05, 4.69) is 40.5 Å². The lowest BCUT2D eigenvalue weighted by atomic mass is 10.1. The van der Waals surface area contributed by atoms with Crippen LogP contribution in [0.1, 0.15) is 26.6 Å². The van der Waals surface area contributed by atoms with E-state index in [1.807, 2.05) is 6.92 Å². The number of aromatic amines is 1. The van der Waals surface area contributed by atoms with Crippen LogP contribution in [0.3, 0.4) is 0 Å². The first-order valence-corrected chi connectivity index (χ1v) is 6.44. The number of aromatic nitrogens is 2. The van der Waals surface area contributed by atoms with Crippen molar-refractivity contribution >= 4 is 5.82 Å². The number of piperazine rings is 1. The molecule has 1 aliphatic heterocycles. The fourth-order valence-corrected chi connectivity index (χ4v) is 2.33. The maximum atomic E-state index is 11.4. The van der Waals surface area contributed by atoms with Gasteiger partial charge in [-0.1, -0.05) is 0 Å². The van der Waals surface area contributed by atoms with Gasteiger partial charge in [-0.3, -0.25) is 9.69 Å². The molecule has 1 aromatic rings. The van der Waals surface area contributed by atoms with E-state index in [4.69, 9.17) is 0 Å². The Kier molecular flexibility index (Phi) is 3.43. The molecular weight excluding hydrogens is 228 g/mol. The molecule has 0 aromatic carbocycles. The van der Waals surface area contributed by atoms with Crippen LogP contribution in [0.2, 0.25) is 0 Å². The van der Waals surface area contributed by atoms with Gasteiger partial charge in [-0.25, -0.2) is 4.98 Å². The van der Waals surface area contributed by atoms with Gasteiger partial charge in [0, 0.05) is 37.8 Å². The highest BCUT2D eigenvalue weighted by Crippen LogP contribution is 2.18. The molecule has 1 aromatic heterocycles. The van der Waals surface area contributed by atoms with Gasteiger partial charge in [0.05, 0.1) is 0 Å². The summed E-state index contributed by atoms with van der Waals surface area (Å²) in [5.41, 5.74) is 0.139. The highest BCUT2D eigenvalue weighted by atomic mass is 16.1. The van der Waals surface area contributed by atoms with E-state index in [1.54, 1.807) is 6.07 Å². The van der Waals surface area contributed by atoms with Crippen molar-refractivity contribution in [1.82, 2.24) is 14.9 Å². The third-order valence-electron chi connectivity index (χ3n) is 3.40. The highest BCUT2D eigenvalue weighted by Gasteiger charge is 2.26. The van der Waals surface area contributed by atoms with Crippen LogP contribution >= 0.6 is 0 Å². The molecule has 0 aliphatic carbocycles. The van der Waals surface area contributed by atoms with Crippen molar-refractivity contribution in [2.45, 2.75) is 33.2 Å². The molecule has 100 valence electrons. The van der Waals surface area contributed by atoms with Crippen molar-refractivity contribution in [2.24, 2.45) is 0 Å². The van der Waals surface area contributed by atoms with Crippen molar-refractivity contribution < 1.29 is 0 Å². The SMILES string of the molecule is Cc1nc(N2CCN(C(C)(C)C)CC2)cc(=O)[nH]1. The van der Waals surface area contributed by atoms with Crippen molar-refractivity contribution in [3.05, 3.63) is 22.2 Å². The van der Waals surface area contributed by atoms with E-state index in [0.29, 0.717) is 5.82 Å². The van der Waals surface area contributed by atoms with Crippen LogP contribution in [0.4, 0.5) is 5.82 Å². The molecular formula is C13H22N4O. The molecule has 1 aliphatic rings. The van der Waals surface area contributed by atoms with Crippen LogP contribution in [0.15, 0.2) is 10.9 Å². The van der Waals surface area contributed by atoms with Gasteiger partial charge in [-0.15, -0.1) is 0 Å². The van der Waals surface area contributed by atoms with Crippen LogP contribution in [0.25, 0.3) is 0 Å². The Morgan fingerprint density at radius 3 is 2.33 bits per heavy atom. The minimum atomic E-state index is -0.0734. The summed E-state index contributed by atoms with van der Waals surface area (Å²) in [6.07, 6.45) is 0. The molecule has 1 fully saturated rings. The number of rotatable bonds is 1. The van der Waals surface area contributed by atoms with Gasteiger partial charge >= 0.3 is 0 Å². The van der Waals surface area contributed by atoms with Gasteiger partial charge in [0.1, 0.15) is 11.6 Å². The summed E-state index contributed by atoms with van der Waals surface area (Å²) in [6, 6.07) is 1.58. The van der Waals surface area contributed by atoms with E-state index in [9.17, 15) is 4.79 Å². The Morgan fingerprint density at radius 2 is 1.83 bits per heavy atom. The monoisotopic (exact) mass is 250 g/mol. The van der Waals surface area contributed by atoms with Crippen molar-refractivity contribution in [1.29, 1.82) is 0 Å². The largest absolute Gasteiger partial charge is 0.354 e. The minimum Gasteiger partial charge on any atom is -0.354 e. The quantitative estimate of drug-likeness (QED) is 0.808. The molecule has 0 spiro atoms. The van der Waals surface area contributed by atoms with E-state index in [-0.39, 0.29) is 11.1 Å². The zero-order valence-corrected chi connectivity index (χ0v) is 11.7. The molecule has 0 unspecified atom stereocenters. The Bertz CT molecular complexity index is 467. The molecule has 0 saturated carbocycles. The van der Waals surface area contributed by atoms with Gasteiger partial charge in [-0.05, 0) is 27.7 Å². The Hall–Kier alpha value is -1.36. The number of nitrogens with zero attached hydrogens (tertiary/aromatic N) is 3. The zero-order valence-electron chi connectivity index (χ0n) is 11.7. The first kappa shape index (κ1) is 13.1. The summed E-state index contributed by atoms with van der Waals surface area (Å²) < 4.78 is 0. The van der Waals surface area contributed by atoms with Gasteiger partial charge in [0.25, 0.3) is 5.56 Å². The summed E-state index contributed by atoms with van der Waals surface area (Å²) >= 11 is 0. The molecule has 2 heterocycles. The number of anilines is 1. The predicted molar refractivity (Wildman–Crippen MR) is 73.1 cm³/mol. The lowest BCUT2D eigenvalue weighted by Crippen LogP contribution is -2.53. The highest BCUT2D eigenvalue weighted by molar-refractivity contribution is 5.38. The summed E-state index contributed by atoms with van der Waals surface area (Å²) in [5, 5.41) is 0. The number of aryl methyl sites for hydroxylation is 1. The molecule has 0 amide bonds. The maximum absolute atomic E-state index is 11.4. The van der Waals surface area contributed by atoms with Gasteiger partial charge in [-0.2, -0.15) is 0 Å². The van der Waals surface area contributed by atoms with E-state index >= 15 is 0 Å². The van der Waals surface area contributed by atoms with Crippen molar-refractivity contribution in [3.63, 3.8) is 0 Å². The second kappa shape index (κ2) is 4.72. The fourth-order valence-electron chi connectivity index (χ4n) is 2.33. The first-order valence-electron chi connectivity index (χ1n) is 6.44. The third kappa shape index (κ3) is 2.90. The lowest BCUT2D eigenvalue weighted by Gasteiger charge is -2.42. The van der Waals surface area contributed by atoms with Crippen LogP contribution in [-0.4, -0.2) is 46.6 Å². The molecule has 0 atom stereocenters. The number of H-pyrrole nitrogens is 1. The van der Waals surface area contributed by atoms with E-state index in [1.165, 1.54) is 0 Å². The topological polar surface area (TPSA) is 52.2 Å². The van der Waals surface area contributed by atoms with E-state index in [0.717, 1.165) is 32.0 Å². The molecule has 0 radical (unpaired) electrons. The average molecular weight is 250 g/mol.